The fourth-order valence-electron chi connectivity index (χ4n) is 1.02. The minimum Gasteiger partial charge on any atom is -0.319 e. The fraction of sp³-hybridized carbons (Fsp3) is 0.556. The molecule has 80 valence electrons. The largest absolute Gasteiger partial charge is 0.319 e. The highest BCUT2D eigenvalue weighted by Gasteiger charge is 2.21. The lowest BCUT2D eigenvalue weighted by atomic mass is 9.99. The van der Waals surface area contributed by atoms with E-state index in [2.05, 4.69) is 9.97 Å². The molecule has 0 spiro atoms. The molecule has 1 aromatic rings. The maximum Gasteiger partial charge on any atom is 0.251 e. The number of aromatic amines is 1. The molecule has 0 aliphatic carbocycles. The molecule has 1 aromatic heterocycles. The van der Waals surface area contributed by atoms with Gasteiger partial charge >= 0.3 is 0 Å². The Morgan fingerprint density at radius 1 is 1.64 bits per heavy atom. The van der Waals surface area contributed by atoms with E-state index >= 15 is 0 Å². The van der Waals surface area contributed by atoms with E-state index < -0.39 is 5.54 Å². The predicted molar refractivity (Wildman–Crippen MR) is 58.7 cm³/mol. The lowest BCUT2D eigenvalue weighted by Crippen LogP contribution is -2.36. The maximum atomic E-state index is 11.1. The molecule has 5 heteroatoms. The first-order chi connectivity index (χ1) is 5.95. The fourth-order valence-corrected chi connectivity index (χ4v) is 1.02. The maximum absolute atomic E-state index is 11.1. The van der Waals surface area contributed by atoms with Crippen molar-refractivity contribution in [3.63, 3.8) is 0 Å². The molecule has 0 aliphatic rings. The second kappa shape index (κ2) is 4.57. The molecule has 0 fully saturated rings. The van der Waals surface area contributed by atoms with Crippen LogP contribution in [0.5, 0.6) is 0 Å². The standard InChI is InChI=1S/C9H15N3O.ClH/c1-4-9(3,10)8-11-6(2)5-7(13)12-8;/h5H,4,10H2,1-3H3,(H,11,12,13);1H. The summed E-state index contributed by atoms with van der Waals surface area (Å²) in [4.78, 5) is 18.0. The Kier molecular flexibility index (Phi) is 4.29. The van der Waals surface area contributed by atoms with Crippen LogP contribution in [-0.2, 0) is 5.54 Å². The summed E-state index contributed by atoms with van der Waals surface area (Å²) in [7, 11) is 0. The number of aromatic nitrogens is 2. The topological polar surface area (TPSA) is 71.8 Å². The molecule has 1 heterocycles. The molecule has 1 atom stereocenters. The first-order valence-electron chi connectivity index (χ1n) is 4.33. The first-order valence-corrected chi connectivity index (χ1v) is 4.33. The highest BCUT2D eigenvalue weighted by Crippen LogP contribution is 2.15. The number of nitrogens with two attached hydrogens (primary N) is 1. The van der Waals surface area contributed by atoms with Gasteiger partial charge in [-0.3, -0.25) is 4.79 Å². The highest BCUT2D eigenvalue weighted by atomic mass is 35.5. The Balaban J connectivity index is 0.00000169. The summed E-state index contributed by atoms with van der Waals surface area (Å²) in [6.45, 7) is 5.59. The Morgan fingerprint density at radius 2 is 2.21 bits per heavy atom. The number of nitrogens with one attached hydrogen (secondary N) is 1. The van der Waals surface area contributed by atoms with E-state index in [9.17, 15) is 4.79 Å². The van der Waals surface area contributed by atoms with Crippen molar-refractivity contribution < 1.29 is 0 Å². The van der Waals surface area contributed by atoms with Crippen molar-refractivity contribution in [2.45, 2.75) is 32.7 Å². The third kappa shape index (κ3) is 2.82. The third-order valence-corrected chi connectivity index (χ3v) is 2.15. The van der Waals surface area contributed by atoms with Gasteiger partial charge < -0.3 is 10.7 Å². The van der Waals surface area contributed by atoms with Crippen LogP contribution in [0, 0.1) is 6.92 Å². The van der Waals surface area contributed by atoms with Crippen LogP contribution in [-0.4, -0.2) is 9.97 Å². The van der Waals surface area contributed by atoms with Gasteiger partial charge in [-0.1, -0.05) is 6.92 Å². The Bertz CT molecular complexity index is 359. The molecule has 0 aromatic carbocycles. The van der Waals surface area contributed by atoms with Gasteiger partial charge in [-0.2, -0.15) is 0 Å². The van der Waals surface area contributed by atoms with Crippen LogP contribution in [0.15, 0.2) is 10.9 Å². The van der Waals surface area contributed by atoms with Gasteiger partial charge in [-0.15, -0.1) is 12.4 Å². The molecule has 1 rings (SSSR count). The molecule has 3 N–H and O–H groups in total. The van der Waals surface area contributed by atoms with Crippen LogP contribution in [0.3, 0.4) is 0 Å². The summed E-state index contributed by atoms with van der Waals surface area (Å²) in [6, 6.07) is 1.45. The molecule has 0 radical (unpaired) electrons. The Hall–Kier alpha value is -0.870. The molecule has 0 bridgehead atoms. The van der Waals surface area contributed by atoms with E-state index in [1.165, 1.54) is 6.07 Å². The molecule has 0 aliphatic heterocycles. The number of aryl methyl sites for hydroxylation is 1. The van der Waals surface area contributed by atoms with Gasteiger partial charge in [0.2, 0.25) is 0 Å². The quantitative estimate of drug-likeness (QED) is 0.779. The van der Waals surface area contributed by atoms with E-state index in [4.69, 9.17) is 5.73 Å². The summed E-state index contributed by atoms with van der Waals surface area (Å²) in [5.41, 5.74) is 5.94. The van der Waals surface area contributed by atoms with E-state index in [-0.39, 0.29) is 18.0 Å². The monoisotopic (exact) mass is 217 g/mol. The lowest BCUT2D eigenvalue weighted by molar-refractivity contribution is 0.442. The van der Waals surface area contributed by atoms with E-state index in [1.54, 1.807) is 6.92 Å². The van der Waals surface area contributed by atoms with Gasteiger partial charge in [0.05, 0.1) is 5.54 Å². The third-order valence-electron chi connectivity index (χ3n) is 2.15. The second-order valence-corrected chi connectivity index (χ2v) is 3.51. The van der Waals surface area contributed by atoms with Crippen molar-refractivity contribution in [2.75, 3.05) is 0 Å². The SMILES string of the molecule is CCC(C)(N)c1nc(C)cc(=O)[nH]1.Cl. The van der Waals surface area contributed by atoms with Crippen LogP contribution in [0.1, 0.15) is 31.8 Å². The van der Waals surface area contributed by atoms with E-state index in [0.717, 1.165) is 6.42 Å². The number of hydrogen-bond acceptors (Lipinski definition) is 3. The van der Waals surface area contributed by atoms with Gasteiger partial charge in [-0.05, 0) is 20.3 Å². The van der Waals surface area contributed by atoms with Crippen LogP contribution in [0.25, 0.3) is 0 Å². The van der Waals surface area contributed by atoms with Crippen LogP contribution < -0.4 is 11.3 Å². The summed E-state index contributed by atoms with van der Waals surface area (Å²) >= 11 is 0. The molecule has 1 unspecified atom stereocenters. The predicted octanol–water partition coefficient (Wildman–Crippen LogP) is 1.08. The average Bonchev–Trinajstić information content (AvgIpc) is 2.02. The van der Waals surface area contributed by atoms with Gasteiger partial charge in [0, 0.05) is 11.8 Å². The van der Waals surface area contributed by atoms with Crippen molar-refractivity contribution in [1.29, 1.82) is 0 Å². The zero-order chi connectivity index (χ0) is 10.1. The summed E-state index contributed by atoms with van der Waals surface area (Å²) < 4.78 is 0. The molecule has 0 saturated heterocycles. The van der Waals surface area contributed by atoms with E-state index in [1.807, 2.05) is 13.8 Å². The summed E-state index contributed by atoms with van der Waals surface area (Å²) in [5.74, 6) is 0.556. The van der Waals surface area contributed by atoms with Crippen LogP contribution in [0.4, 0.5) is 0 Å². The number of H-pyrrole nitrogens is 1. The Morgan fingerprint density at radius 3 is 2.64 bits per heavy atom. The van der Waals surface area contributed by atoms with Crippen LogP contribution >= 0.6 is 12.4 Å². The van der Waals surface area contributed by atoms with Crippen LogP contribution in [0.2, 0.25) is 0 Å². The molecular weight excluding hydrogens is 202 g/mol. The first kappa shape index (κ1) is 13.1. The van der Waals surface area contributed by atoms with Crippen molar-refractivity contribution >= 4 is 12.4 Å². The molecule has 0 amide bonds. The molecule has 0 saturated carbocycles. The number of rotatable bonds is 2. The van der Waals surface area contributed by atoms with Crippen molar-refractivity contribution in [2.24, 2.45) is 5.73 Å². The molecule has 14 heavy (non-hydrogen) atoms. The smallest absolute Gasteiger partial charge is 0.251 e. The lowest BCUT2D eigenvalue weighted by Gasteiger charge is -2.21. The zero-order valence-electron chi connectivity index (χ0n) is 8.63. The second-order valence-electron chi connectivity index (χ2n) is 3.51. The normalized spacial score (nSPS) is 14.3. The molecular formula is C9H16ClN3O. The van der Waals surface area contributed by atoms with Gasteiger partial charge in [0.25, 0.3) is 5.56 Å². The van der Waals surface area contributed by atoms with E-state index in [0.29, 0.717) is 11.5 Å². The Labute approximate surface area is 89.3 Å². The minimum atomic E-state index is -0.550. The zero-order valence-corrected chi connectivity index (χ0v) is 9.44. The van der Waals surface area contributed by atoms with Gasteiger partial charge in [0.1, 0.15) is 5.82 Å². The number of halogens is 1. The average molecular weight is 218 g/mol. The van der Waals surface area contributed by atoms with Crippen molar-refractivity contribution in [1.82, 2.24) is 9.97 Å². The van der Waals surface area contributed by atoms with Crippen molar-refractivity contribution in [3.8, 4) is 0 Å². The minimum absolute atomic E-state index is 0. The number of hydrogen-bond donors (Lipinski definition) is 2. The van der Waals surface area contributed by atoms with Gasteiger partial charge in [-0.25, -0.2) is 4.98 Å². The summed E-state index contributed by atoms with van der Waals surface area (Å²) in [5, 5.41) is 0. The highest BCUT2D eigenvalue weighted by molar-refractivity contribution is 5.85. The summed E-state index contributed by atoms with van der Waals surface area (Å²) in [6.07, 6.45) is 0.736. The van der Waals surface area contributed by atoms with Gasteiger partial charge in [0.15, 0.2) is 0 Å². The molecule has 4 nitrogen and oxygen atoms in total. The van der Waals surface area contributed by atoms with Crippen molar-refractivity contribution in [3.05, 3.63) is 27.9 Å². The number of nitrogens with zero attached hydrogens (tertiary/aromatic N) is 1.